The van der Waals surface area contributed by atoms with Gasteiger partial charge in [0, 0.05) is 18.8 Å². The number of aryl methyl sites for hydroxylation is 1. The van der Waals surface area contributed by atoms with Gasteiger partial charge in [0.1, 0.15) is 0 Å². The number of allylic oxidation sites excluding steroid dienone is 3. The van der Waals surface area contributed by atoms with Crippen molar-refractivity contribution < 1.29 is 8.78 Å². The van der Waals surface area contributed by atoms with Gasteiger partial charge in [-0.2, -0.15) is 0 Å². The lowest BCUT2D eigenvalue weighted by Crippen LogP contribution is -1.99. The van der Waals surface area contributed by atoms with Crippen LogP contribution in [0, 0.1) is 0 Å². The number of hydrogen-bond donors (Lipinski definition) is 1. The quantitative estimate of drug-likeness (QED) is 0.675. The van der Waals surface area contributed by atoms with Crippen LogP contribution >= 0.6 is 0 Å². The lowest BCUT2D eigenvalue weighted by molar-refractivity contribution is 0.152. The molecule has 0 aliphatic rings. The topological polar surface area (TPSA) is 56.2 Å². The number of fused-ring (bicyclic) bond motifs is 1. The van der Waals surface area contributed by atoms with Crippen molar-refractivity contribution in [3.8, 4) is 0 Å². The zero-order chi connectivity index (χ0) is 16.3. The van der Waals surface area contributed by atoms with E-state index in [9.17, 15) is 8.78 Å². The minimum Gasteiger partial charge on any atom is -0.369 e. The molecule has 1 heterocycles. The molecule has 0 aliphatic heterocycles. The number of rotatable bonds is 5. The highest BCUT2D eigenvalue weighted by Crippen LogP contribution is 2.31. The number of aromatic nitrogens is 2. The number of nitrogen functional groups attached to an aromatic ring is 1. The van der Waals surface area contributed by atoms with Crippen LogP contribution in [0.3, 0.4) is 0 Å². The van der Waals surface area contributed by atoms with Crippen LogP contribution in [-0.4, -0.2) is 16.3 Å². The molecule has 0 unspecified atom stereocenters. The van der Waals surface area contributed by atoms with Crippen molar-refractivity contribution in [1.82, 2.24) is 9.55 Å². The van der Waals surface area contributed by atoms with Crippen molar-refractivity contribution >= 4 is 23.7 Å². The van der Waals surface area contributed by atoms with Crippen molar-refractivity contribution in [2.24, 2.45) is 12.0 Å². The maximum absolute atomic E-state index is 13.4. The number of halogens is 2. The normalized spacial score (nSPS) is 12.7. The van der Waals surface area contributed by atoms with Gasteiger partial charge in [0.25, 0.3) is 6.43 Å². The van der Waals surface area contributed by atoms with E-state index >= 15 is 0 Å². The Bertz CT molecular complexity index is 757. The molecule has 1 aromatic carbocycles. The van der Waals surface area contributed by atoms with Gasteiger partial charge in [0.15, 0.2) is 0 Å². The Morgan fingerprint density at radius 2 is 2.23 bits per heavy atom. The van der Waals surface area contributed by atoms with E-state index in [1.54, 1.807) is 19.3 Å². The fourth-order valence-electron chi connectivity index (χ4n) is 2.45. The second-order valence-corrected chi connectivity index (χ2v) is 4.95. The number of aliphatic imine (C=N–C) groups is 1. The van der Waals surface area contributed by atoms with Gasteiger partial charge in [-0.15, -0.1) is 0 Å². The van der Waals surface area contributed by atoms with E-state index in [0.717, 1.165) is 11.1 Å². The SMILES string of the molecule is C=N/C=C(\C=C/C)Cc1cc(C(F)F)c2c(c1)nc(N)n2C. The van der Waals surface area contributed by atoms with Crippen molar-refractivity contribution in [2.45, 2.75) is 19.8 Å². The molecule has 0 aliphatic carbocycles. The van der Waals surface area contributed by atoms with Crippen molar-refractivity contribution in [3.63, 3.8) is 0 Å². The highest BCUT2D eigenvalue weighted by atomic mass is 19.3. The smallest absolute Gasteiger partial charge is 0.265 e. The molecule has 6 heteroatoms. The number of imidazole rings is 1. The maximum Gasteiger partial charge on any atom is 0.265 e. The minimum atomic E-state index is -2.59. The first-order valence-electron chi connectivity index (χ1n) is 6.78. The molecule has 0 bridgehead atoms. The molecule has 2 aromatic rings. The van der Waals surface area contributed by atoms with Gasteiger partial charge in [0.2, 0.25) is 5.95 Å². The Morgan fingerprint density at radius 1 is 1.50 bits per heavy atom. The number of nitrogens with two attached hydrogens (primary N) is 1. The third-order valence-corrected chi connectivity index (χ3v) is 3.37. The lowest BCUT2D eigenvalue weighted by Gasteiger charge is -2.09. The lowest BCUT2D eigenvalue weighted by atomic mass is 10.0. The molecule has 0 saturated heterocycles. The molecular weight excluding hydrogens is 286 g/mol. The van der Waals surface area contributed by atoms with Crippen LogP contribution in [-0.2, 0) is 13.5 Å². The molecule has 0 fully saturated rings. The Balaban J connectivity index is 2.56. The molecule has 4 nitrogen and oxygen atoms in total. The van der Waals surface area contributed by atoms with Gasteiger partial charge in [-0.1, -0.05) is 12.2 Å². The summed E-state index contributed by atoms with van der Waals surface area (Å²) < 4.78 is 28.2. The van der Waals surface area contributed by atoms with E-state index in [1.165, 1.54) is 10.6 Å². The van der Waals surface area contributed by atoms with Gasteiger partial charge in [0.05, 0.1) is 11.0 Å². The van der Waals surface area contributed by atoms with Crippen molar-refractivity contribution in [1.29, 1.82) is 0 Å². The van der Waals surface area contributed by atoms with Gasteiger partial charge in [-0.3, -0.25) is 4.99 Å². The molecule has 0 spiro atoms. The number of hydrogen-bond acceptors (Lipinski definition) is 3. The molecule has 22 heavy (non-hydrogen) atoms. The Labute approximate surface area is 127 Å². The molecule has 2 N–H and O–H groups in total. The monoisotopic (exact) mass is 304 g/mol. The molecule has 1 aromatic heterocycles. The van der Waals surface area contributed by atoms with Gasteiger partial charge < -0.3 is 10.3 Å². The summed E-state index contributed by atoms with van der Waals surface area (Å²) >= 11 is 0. The standard InChI is InChI=1S/C16H18F2N4/c1-4-5-10(9-20-2)6-11-7-12(15(17)18)14-13(8-11)21-16(19)22(14)3/h4-5,7-9,15H,2,6H2,1,3H3,(H2,19,21)/b5-4-,10-9+. The van der Waals surface area contributed by atoms with Gasteiger partial charge >= 0.3 is 0 Å². The van der Waals surface area contributed by atoms with E-state index in [-0.39, 0.29) is 11.5 Å². The fraction of sp³-hybridized carbons (Fsp3) is 0.250. The third-order valence-electron chi connectivity index (χ3n) is 3.37. The van der Waals surface area contributed by atoms with E-state index in [2.05, 4.69) is 16.7 Å². The molecule has 116 valence electrons. The summed E-state index contributed by atoms with van der Waals surface area (Å²) in [6, 6.07) is 3.27. The Kier molecular flexibility index (Phi) is 4.70. The fourth-order valence-corrected chi connectivity index (χ4v) is 2.45. The molecule has 0 saturated carbocycles. The molecular formula is C16H18F2N4. The van der Waals surface area contributed by atoms with E-state index in [4.69, 9.17) is 5.73 Å². The van der Waals surface area contributed by atoms with Gasteiger partial charge in [-0.05, 0) is 43.3 Å². The summed E-state index contributed by atoms with van der Waals surface area (Å²) in [5.41, 5.74) is 8.11. The highest BCUT2D eigenvalue weighted by molar-refractivity contribution is 5.83. The van der Waals surface area contributed by atoms with Gasteiger partial charge in [-0.25, -0.2) is 13.8 Å². The highest BCUT2D eigenvalue weighted by Gasteiger charge is 2.18. The first-order valence-corrected chi connectivity index (χ1v) is 6.78. The third kappa shape index (κ3) is 3.05. The van der Waals surface area contributed by atoms with Crippen LogP contribution in [0.1, 0.15) is 24.5 Å². The summed E-state index contributed by atoms with van der Waals surface area (Å²) in [6.45, 7) is 5.30. The van der Waals surface area contributed by atoms with E-state index in [0.29, 0.717) is 17.5 Å². The van der Waals surface area contributed by atoms with Crippen LogP contribution < -0.4 is 5.73 Å². The largest absolute Gasteiger partial charge is 0.369 e. The Morgan fingerprint density at radius 3 is 2.82 bits per heavy atom. The minimum absolute atomic E-state index is 0.0643. The summed E-state index contributed by atoms with van der Waals surface area (Å²) in [5, 5.41) is 0. The summed E-state index contributed by atoms with van der Waals surface area (Å²) in [4.78, 5) is 7.89. The predicted molar refractivity (Wildman–Crippen MR) is 86.2 cm³/mol. The molecule has 0 radical (unpaired) electrons. The van der Waals surface area contributed by atoms with Crippen LogP contribution in [0.2, 0.25) is 0 Å². The van der Waals surface area contributed by atoms with Crippen LogP contribution in [0.4, 0.5) is 14.7 Å². The second-order valence-electron chi connectivity index (χ2n) is 4.95. The van der Waals surface area contributed by atoms with Crippen LogP contribution in [0.25, 0.3) is 11.0 Å². The molecule has 0 amide bonds. The van der Waals surface area contributed by atoms with E-state index in [1.807, 2.05) is 19.1 Å². The number of alkyl halides is 2. The summed E-state index contributed by atoms with van der Waals surface area (Å²) in [5.74, 6) is 0.214. The zero-order valence-electron chi connectivity index (χ0n) is 12.6. The molecule has 0 atom stereocenters. The van der Waals surface area contributed by atoms with Crippen molar-refractivity contribution in [2.75, 3.05) is 5.73 Å². The number of anilines is 1. The summed E-state index contributed by atoms with van der Waals surface area (Å²) in [7, 11) is 1.63. The average Bonchev–Trinajstić information content (AvgIpc) is 2.73. The predicted octanol–water partition coefficient (Wildman–Crippen LogP) is 3.80. The first-order chi connectivity index (χ1) is 10.5. The number of nitrogens with zero attached hydrogens (tertiary/aromatic N) is 3. The zero-order valence-corrected chi connectivity index (χ0v) is 12.6. The van der Waals surface area contributed by atoms with Crippen LogP contribution in [0.5, 0.6) is 0 Å². The average molecular weight is 304 g/mol. The molecule has 2 rings (SSSR count). The summed E-state index contributed by atoms with van der Waals surface area (Å²) in [6.07, 6.45) is 3.22. The second kappa shape index (κ2) is 6.51. The number of benzene rings is 1. The Hall–Kier alpha value is -2.50. The first kappa shape index (κ1) is 15.9. The van der Waals surface area contributed by atoms with E-state index < -0.39 is 6.43 Å². The van der Waals surface area contributed by atoms with Crippen molar-refractivity contribution in [3.05, 3.63) is 47.2 Å². The maximum atomic E-state index is 13.4. The van der Waals surface area contributed by atoms with Crippen LogP contribution in [0.15, 0.2) is 41.1 Å².